The van der Waals surface area contributed by atoms with Gasteiger partial charge in [-0.25, -0.2) is 0 Å². The predicted octanol–water partition coefficient (Wildman–Crippen LogP) is 8.97. The molecule has 350 valence electrons. The van der Waals surface area contributed by atoms with E-state index < -0.39 is 29.4 Å². The molecule has 1 saturated heterocycles. The molecule has 1 heterocycles. The van der Waals surface area contributed by atoms with Crippen LogP contribution in [-0.4, -0.2) is 91.2 Å². The predicted molar refractivity (Wildman–Crippen MR) is 247 cm³/mol. The van der Waals surface area contributed by atoms with Crippen molar-refractivity contribution < 1.29 is 65.6 Å². The number of carbonyl (C=O) groups excluding carboxylic acids is 1. The summed E-state index contributed by atoms with van der Waals surface area (Å²) in [6.07, 6.45) is -5.55. The fourth-order valence-electron chi connectivity index (χ4n) is 8.00. The van der Waals surface area contributed by atoms with Gasteiger partial charge in [0, 0.05) is 66.8 Å². The molecule has 0 saturated carbocycles. The van der Waals surface area contributed by atoms with Crippen LogP contribution in [0.3, 0.4) is 0 Å². The van der Waals surface area contributed by atoms with Gasteiger partial charge in [0.15, 0.2) is 17.4 Å². The molecule has 64 heavy (non-hydrogen) atoms. The third-order valence-corrected chi connectivity index (χ3v) is 10.9. The largest absolute Gasteiger partial charge is 1.00 e. The van der Waals surface area contributed by atoms with Gasteiger partial charge < -0.3 is 20.5 Å². The Morgan fingerprint density at radius 1 is 0.625 bits per heavy atom. The molecule has 0 aromatic heterocycles. The monoisotopic (exact) mass is 911 g/mol. The van der Waals surface area contributed by atoms with E-state index in [-0.39, 0.29) is 68.0 Å². The molecule has 0 bridgehead atoms. The van der Waals surface area contributed by atoms with Crippen LogP contribution in [-0.2, 0) is 21.9 Å². The number of carbonyl (C=O) groups is 1. The normalized spacial score (nSPS) is 13.6. The molecule has 0 spiro atoms. The van der Waals surface area contributed by atoms with Crippen LogP contribution in [0, 0.1) is 0 Å². The molecular weight excluding hydrogens is 840 g/mol. The number of halogens is 6. The maximum Gasteiger partial charge on any atom is 1.00 e. The molecule has 4 aromatic rings. The molecule has 6 nitrogen and oxygen atoms in total. The van der Waals surface area contributed by atoms with Crippen molar-refractivity contribution in [2.24, 2.45) is 0 Å². The Morgan fingerprint density at radius 2 is 1.02 bits per heavy atom. The smallest absolute Gasteiger partial charge is 1.00 e. The zero-order valence-electron chi connectivity index (χ0n) is 39.9. The van der Waals surface area contributed by atoms with E-state index in [1.54, 1.807) is 4.90 Å². The van der Waals surface area contributed by atoms with Gasteiger partial charge in [0.1, 0.15) is 11.5 Å². The summed E-state index contributed by atoms with van der Waals surface area (Å²) in [6, 6.07) is 26.7. The van der Waals surface area contributed by atoms with Crippen molar-refractivity contribution in [2.75, 3.05) is 34.0 Å². The number of benzene rings is 4. The third-order valence-electron chi connectivity index (χ3n) is 10.9. The van der Waals surface area contributed by atoms with E-state index in [0.717, 1.165) is 49.1 Å². The number of amides is 1. The van der Waals surface area contributed by atoms with E-state index in [0.29, 0.717) is 41.1 Å². The molecule has 5 rings (SSSR count). The summed E-state index contributed by atoms with van der Waals surface area (Å²) < 4.78 is 95.8. The summed E-state index contributed by atoms with van der Waals surface area (Å²) in [5.74, 6) is -0.0227. The molecule has 2 atom stereocenters. The van der Waals surface area contributed by atoms with Crippen LogP contribution < -0.4 is 28.3 Å². The topological polar surface area (TPSA) is 51.2 Å². The van der Waals surface area contributed by atoms with Gasteiger partial charge in [0.25, 0.3) is 0 Å². The second kappa shape index (κ2) is 27.9. The van der Waals surface area contributed by atoms with Crippen molar-refractivity contribution in [1.29, 1.82) is 0 Å². The van der Waals surface area contributed by atoms with Crippen LogP contribution in [0.2, 0.25) is 0 Å². The Labute approximate surface area is 402 Å². The first-order valence-corrected chi connectivity index (χ1v) is 21.5. The van der Waals surface area contributed by atoms with E-state index in [9.17, 15) is 31.1 Å². The van der Waals surface area contributed by atoms with Gasteiger partial charge in [0.2, 0.25) is 5.91 Å². The summed E-state index contributed by atoms with van der Waals surface area (Å²) >= 11 is 0. The summed E-state index contributed by atoms with van der Waals surface area (Å²) in [6.45, 7) is 19.1. The molecule has 4 aromatic carbocycles. The van der Waals surface area contributed by atoms with E-state index in [1.807, 2.05) is 88.4 Å². The number of alkyl halides is 6. The summed E-state index contributed by atoms with van der Waals surface area (Å²) in [7, 11) is 2.92. The minimum Gasteiger partial charge on any atom is -1.00 e. The fourth-order valence-corrected chi connectivity index (χ4v) is 8.00. The Balaban J connectivity index is 0.00000109. The minimum absolute atomic E-state index is 0. The van der Waals surface area contributed by atoms with Crippen LogP contribution in [0.4, 0.5) is 26.3 Å². The van der Waals surface area contributed by atoms with Crippen LogP contribution in [0.5, 0.6) is 11.5 Å². The molecule has 2 unspecified atom stereocenters. The number of hydrogen-bond acceptors (Lipinski definition) is 5. The van der Waals surface area contributed by atoms with Crippen molar-refractivity contribution in [3.05, 3.63) is 130 Å². The van der Waals surface area contributed by atoms with Crippen LogP contribution >= 0.6 is 0 Å². The molecule has 1 aliphatic rings. The van der Waals surface area contributed by atoms with Gasteiger partial charge in [-0.05, 0) is 129 Å². The van der Waals surface area contributed by atoms with E-state index in [1.165, 1.54) is 45.3 Å². The third kappa shape index (κ3) is 17.8. The Kier molecular flexibility index (Phi) is 25.6. The maximum atomic E-state index is 13.4. The Hall–Kier alpha value is -3.42. The molecule has 1 fully saturated rings. The van der Waals surface area contributed by atoms with Crippen LogP contribution in [0.25, 0.3) is 0 Å². The van der Waals surface area contributed by atoms with Gasteiger partial charge in [-0.1, -0.05) is 60.7 Å². The van der Waals surface area contributed by atoms with Crippen molar-refractivity contribution in [3.63, 3.8) is 0 Å². The SMILES string of the molecule is C1CCOC1.COc1ccc(C(F)(F)F)cc1C(CC(=O)N(C(C)C)C(C)C)c1ccccc1.COc1ccc(C(F)(F)F)cc1C(CCN(C(C)C)C(C)C)c1ccccc1.[AlH3].[H-].[Li+]. The standard InChI is InChI=1S/C23H28F3NO2.C23H30F3NO.C4H8O.Al.Li.4H/c1-15(2)27(16(3)4)22(28)14-19(17-9-7-6-8-10-17)20-13-18(23(24,25)26)11-12-21(20)29-5;1-16(2)27(17(3)4)14-13-20(18-9-7-6-8-10-18)21-15-19(23(24,25)26)11-12-22(21)28-5;1-2-4-5-3-1;;;;;;/h6-13,15-16,19H,14H2,1-5H3;6-12,15-17,20H,13-14H2,1-5H3;1-4H2;;;;;;/q;;;;+1;;;;-1. The number of nitrogens with zero attached hydrogens (tertiary/aromatic N) is 2. The van der Waals surface area contributed by atoms with Crippen molar-refractivity contribution in [2.45, 2.75) is 129 Å². The van der Waals surface area contributed by atoms with Crippen molar-refractivity contribution in [1.82, 2.24) is 9.80 Å². The average Bonchev–Trinajstić information content (AvgIpc) is 3.82. The fraction of sp³-hybridized carbons (Fsp3) is 0.500. The van der Waals surface area contributed by atoms with Crippen LogP contribution in [0.1, 0.15) is 128 Å². The molecule has 1 aliphatic heterocycles. The second-order valence-corrected chi connectivity index (χ2v) is 16.6. The second-order valence-electron chi connectivity index (χ2n) is 16.6. The van der Waals surface area contributed by atoms with Gasteiger partial charge in [0.05, 0.1) is 25.3 Å². The molecule has 0 N–H and O–H groups in total. The number of hydrogen-bond donors (Lipinski definition) is 0. The summed E-state index contributed by atoms with van der Waals surface area (Å²) in [4.78, 5) is 17.2. The number of methoxy groups -OCH3 is 2. The van der Waals surface area contributed by atoms with E-state index in [2.05, 4.69) is 32.6 Å². The van der Waals surface area contributed by atoms with Crippen molar-refractivity contribution >= 4 is 23.3 Å². The van der Waals surface area contributed by atoms with Crippen LogP contribution in [0.15, 0.2) is 97.1 Å². The summed E-state index contributed by atoms with van der Waals surface area (Å²) in [5.41, 5.74) is 1.30. The first kappa shape index (κ1) is 58.6. The van der Waals surface area contributed by atoms with Gasteiger partial charge in [-0.2, -0.15) is 26.3 Å². The zero-order chi connectivity index (χ0) is 46.2. The van der Waals surface area contributed by atoms with Gasteiger partial charge in [-0.15, -0.1) is 0 Å². The Bertz CT molecular complexity index is 1910. The molecule has 0 aliphatic carbocycles. The van der Waals surface area contributed by atoms with Gasteiger partial charge in [-0.3, -0.25) is 9.69 Å². The maximum absolute atomic E-state index is 13.4. The molecular formula is C50H70AlF6LiN2O4. The Morgan fingerprint density at radius 3 is 1.34 bits per heavy atom. The molecule has 0 radical (unpaired) electrons. The molecule has 1 amide bonds. The number of ether oxygens (including phenoxy) is 3. The average molecular weight is 911 g/mol. The first-order valence-electron chi connectivity index (χ1n) is 21.5. The summed E-state index contributed by atoms with van der Waals surface area (Å²) in [5, 5.41) is 0. The first-order chi connectivity index (χ1) is 29.2. The zero-order valence-corrected chi connectivity index (χ0v) is 38.9. The molecule has 14 heteroatoms. The van der Waals surface area contributed by atoms with E-state index in [4.69, 9.17) is 14.2 Å². The van der Waals surface area contributed by atoms with Gasteiger partial charge >= 0.3 is 31.2 Å². The quantitative estimate of drug-likeness (QED) is 0.0882. The number of rotatable bonds is 15. The van der Waals surface area contributed by atoms with Crippen molar-refractivity contribution in [3.8, 4) is 11.5 Å². The minimum atomic E-state index is -4.48. The van der Waals surface area contributed by atoms with E-state index >= 15 is 0 Å².